The molecule has 1 atom stereocenters. The standard InChI is InChI=1S/C12H16FNOS/c1-3-4-8(2)15-11-6-5-9(13)7-10(11)12(14)16/h5-8H,3-4H2,1-2H3,(H2,14,16). The number of halogens is 1. The van der Waals surface area contributed by atoms with E-state index in [0.29, 0.717) is 11.3 Å². The molecule has 0 aromatic heterocycles. The molecule has 1 unspecified atom stereocenters. The largest absolute Gasteiger partial charge is 0.490 e. The highest BCUT2D eigenvalue weighted by molar-refractivity contribution is 7.80. The van der Waals surface area contributed by atoms with E-state index in [-0.39, 0.29) is 16.9 Å². The second-order valence-corrected chi connectivity index (χ2v) is 4.16. The molecule has 0 aliphatic rings. The van der Waals surface area contributed by atoms with Crippen LogP contribution in [0.2, 0.25) is 0 Å². The van der Waals surface area contributed by atoms with E-state index in [1.165, 1.54) is 12.1 Å². The lowest BCUT2D eigenvalue weighted by molar-refractivity contribution is 0.209. The minimum Gasteiger partial charge on any atom is -0.490 e. The molecule has 0 aliphatic heterocycles. The highest BCUT2D eigenvalue weighted by Gasteiger charge is 2.10. The first-order valence-corrected chi connectivity index (χ1v) is 5.71. The van der Waals surface area contributed by atoms with Gasteiger partial charge in [0.2, 0.25) is 0 Å². The van der Waals surface area contributed by atoms with Crippen molar-refractivity contribution in [3.05, 3.63) is 29.6 Å². The monoisotopic (exact) mass is 241 g/mol. The van der Waals surface area contributed by atoms with Crippen molar-refractivity contribution in [2.24, 2.45) is 5.73 Å². The molecular formula is C12H16FNOS. The van der Waals surface area contributed by atoms with E-state index in [4.69, 9.17) is 22.7 Å². The third kappa shape index (κ3) is 3.45. The van der Waals surface area contributed by atoms with Gasteiger partial charge in [-0.2, -0.15) is 0 Å². The van der Waals surface area contributed by atoms with Crippen LogP contribution in [-0.2, 0) is 0 Å². The van der Waals surface area contributed by atoms with Gasteiger partial charge in [0.1, 0.15) is 16.6 Å². The van der Waals surface area contributed by atoms with Crippen LogP contribution in [0, 0.1) is 5.82 Å². The summed E-state index contributed by atoms with van der Waals surface area (Å²) in [6.07, 6.45) is 2.04. The Balaban J connectivity index is 2.90. The van der Waals surface area contributed by atoms with Gasteiger partial charge in [0.05, 0.1) is 11.7 Å². The minimum absolute atomic E-state index is 0.0727. The van der Waals surface area contributed by atoms with Crippen LogP contribution >= 0.6 is 12.2 Å². The maximum Gasteiger partial charge on any atom is 0.130 e. The summed E-state index contributed by atoms with van der Waals surface area (Å²) in [6.45, 7) is 4.05. The Kier molecular flexibility index (Phi) is 4.68. The van der Waals surface area contributed by atoms with Gasteiger partial charge >= 0.3 is 0 Å². The van der Waals surface area contributed by atoms with Gasteiger partial charge in [-0.05, 0) is 31.5 Å². The van der Waals surface area contributed by atoms with Crippen molar-refractivity contribution < 1.29 is 9.13 Å². The first kappa shape index (κ1) is 12.9. The molecule has 0 saturated carbocycles. The Labute approximate surface area is 101 Å². The summed E-state index contributed by atoms with van der Waals surface area (Å²) >= 11 is 4.86. The van der Waals surface area contributed by atoms with Crippen molar-refractivity contribution in [3.8, 4) is 5.75 Å². The number of ether oxygens (including phenoxy) is 1. The van der Waals surface area contributed by atoms with E-state index in [9.17, 15) is 4.39 Å². The predicted octanol–water partition coefficient (Wildman–Crippen LogP) is 3.03. The normalized spacial score (nSPS) is 12.2. The summed E-state index contributed by atoms with van der Waals surface area (Å²) in [4.78, 5) is 0.151. The molecule has 1 rings (SSSR count). The molecule has 0 spiro atoms. The van der Waals surface area contributed by atoms with E-state index in [1.54, 1.807) is 6.07 Å². The Hall–Kier alpha value is -1.16. The van der Waals surface area contributed by atoms with Crippen LogP contribution in [0.3, 0.4) is 0 Å². The molecule has 0 bridgehead atoms. The average Bonchev–Trinajstić information content (AvgIpc) is 2.20. The summed E-state index contributed by atoms with van der Waals surface area (Å²) in [5.74, 6) is 0.188. The molecule has 2 nitrogen and oxygen atoms in total. The molecule has 0 fully saturated rings. The SMILES string of the molecule is CCCC(C)Oc1ccc(F)cc1C(N)=S. The zero-order valence-electron chi connectivity index (χ0n) is 9.50. The van der Waals surface area contributed by atoms with Crippen LogP contribution in [-0.4, -0.2) is 11.1 Å². The molecule has 16 heavy (non-hydrogen) atoms. The van der Waals surface area contributed by atoms with Gasteiger partial charge in [0.15, 0.2) is 0 Å². The summed E-state index contributed by atoms with van der Waals surface area (Å²) in [5, 5.41) is 0. The van der Waals surface area contributed by atoms with E-state index < -0.39 is 0 Å². The lowest BCUT2D eigenvalue weighted by Gasteiger charge is -2.16. The fourth-order valence-electron chi connectivity index (χ4n) is 1.48. The molecule has 1 aromatic carbocycles. The van der Waals surface area contributed by atoms with Crippen LogP contribution in [0.4, 0.5) is 4.39 Å². The van der Waals surface area contributed by atoms with Crippen LogP contribution in [0.5, 0.6) is 5.75 Å². The van der Waals surface area contributed by atoms with Crippen molar-refractivity contribution in [2.45, 2.75) is 32.8 Å². The first-order valence-electron chi connectivity index (χ1n) is 5.30. The summed E-state index contributed by atoms with van der Waals surface area (Å²) in [7, 11) is 0. The zero-order valence-corrected chi connectivity index (χ0v) is 10.3. The molecule has 0 heterocycles. The number of nitrogens with two attached hydrogens (primary N) is 1. The molecular weight excluding hydrogens is 225 g/mol. The minimum atomic E-state index is -0.363. The van der Waals surface area contributed by atoms with Gasteiger partial charge in [-0.1, -0.05) is 25.6 Å². The fraction of sp³-hybridized carbons (Fsp3) is 0.417. The summed E-state index contributed by atoms with van der Waals surface area (Å²) < 4.78 is 18.7. The van der Waals surface area contributed by atoms with E-state index >= 15 is 0 Å². The average molecular weight is 241 g/mol. The maximum atomic E-state index is 13.0. The highest BCUT2D eigenvalue weighted by atomic mass is 32.1. The van der Waals surface area contributed by atoms with Gasteiger partial charge in [-0.3, -0.25) is 0 Å². The fourth-order valence-corrected chi connectivity index (χ4v) is 1.64. The second-order valence-electron chi connectivity index (χ2n) is 3.72. The van der Waals surface area contributed by atoms with E-state index in [2.05, 4.69) is 6.92 Å². The Morgan fingerprint density at radius 3 is 2.81 bits per heavy atom. The van der Waals surface area contributed by atoms with E-state index in [0.717, 1.165) is 12.8 Å². The topological polar surface area (TPSA) is 35.2 Å². The number of hydrogen-bond acceptors (Lipinski definition) is 2. The van der Waals surface area contributed by atoms with Crippen LogP contribution in [0.15, 0.2) is 18.2 Å². The quantitative estimate of drug-likeness (QED) is 0.805. The van der Waals surface area contributed by atoms with Gasteiger partial charge in [0.25, 0.3) is 0 Å². The van der Waals surface area contributed by atoms with Crippen LogP contribution in [0.1, 0.15) is 32.3 Å². The van der Waals surface area contributed by atoms with Gasteiger partial charge < -0.3 is 10.5 Å². The molecule has 0 saturated heterocycles. The predicted molar refractivity (Wildman–Crippen MR) is 67.3 cm³/mol. The first-order chi connectivity index (χ1) is 7.54. The Morgan fingerprint density at radius 1 is 1.56 bits per heavy atom. The third-order valence-electron chi connectivity index (χ3n) is 2.23. The molecule has 2 N–H and O–H groups in total. The molecule has 1 aromatic rings. The smallest absolute Gasteiger partial charge is 0.130 e. The van der Waals surface area contributed by atoms with Crippen LogP contribution in [0.25, 0.3) is 0 Å². The van der Waals surface area contributed by atoms with Crippen molar-refractivity contribution in [1.82, 2.24) is 0 Å². The van der Waals surface area contributed by atoms with Gasteiger partial charge in [-0.25, -0.2) is 4.39 Å². The van der Waals surface area contributed by atoms with Crippen LogP contribution < -0.4 is 10.5 Å². The molecule has 4 heteroatoms. The number of rotatable bonds is 5. The summed E-state index contributed by atoms with van der Waals surface area (Å²) in [6, 6.07) is 4.21. The number of benzene rings is 1. The zero-order chi connectivity index (χ0) is 12.1. The van der Waals surface area contributed by atoms with Crippen molar-refractivity contribution in [3.63, 3.8) is 0 Å². The second kappa shape index (κ2) is 5.80. The van der Waals surface area contributed by atoms with Gasteiger partial charge in [-0.15, -0.1) is 0 Å². The lowest BCUT2D eigenvalue weighted by Crippen LogP contribution is -2.16. The molecule has 0 amide bonds. The molecule has 0 radical (unpaired) electrons. The number of thiocarbonyl (C=S) groups is 1. The molecule has 0 aliphatic carbocycles. The Bertz CT molecular complexity index is 381. The van der Waals surface area contributed by atoms with Crippen molar-refractivity contribution in [1.29, 1.82) is 0 Å². The van der Waals surface area contributed by atoms with Crippen molar-refractivity contribution in [2.75, 3.05) is 0 Å². The third-order valence-corrected chi connectivity index (χ3v) is 2.45. The van der Waals surface area contributed by atoms with Gasteiger partial charge in [0, 0.05) is 0 Å². The summed E-state index contributed by atoms with van der Waals surface area (Å²) in [5.41, 5.74) is 5.97. The Morgan fingerprint density at radius 2 is 2.25 bits per heavy atom. The maximum absolute atomic E-state index is 13.0. The van der Waals surface area contributed by atoms with E-state index in [1.807, 2.05) is 6.92 Å². The number of hydrogen-bond donors (Lipinski definition) is 1. The lowest BCUT2D eigenvalue weighted by atomic mass is 10.2. The highest BCUT2D eigenvalue weighted by Crippen LogP contribution is 2.21. The van der Waals surface area contributed by atoms with Crippen molar-refractivity contribution >= 4 is 17.2 Å². The molecule has 88 valence electrons.